The molecule has 0 aliphatic carbocycles. The molecule has 1 aliphatic rings. The zero-order chi connectivity index (χ0) is 14.0. The second-order valence-electron chi connectivity index (χ2n) is 4.70. The highest BCUT2D eigenvalue weighted by molar-refractivity contribution is 6.04. The van der Waals surface area contributed by atoms with Crippen LogP contribution in [0.2, 0.25) is 0 Å². The fourth-order valence-electron chi connectivity index (χ4n) is 2.26. The van der Waals surface area contributed by atoms with E-state index in [1.54, 1.807) is 11.8 Å². The molecule has 0 spiro atoms. The number of aliphatic hydroxyl groups is 1. The minimum absolute atomic E-state index is 0.125. The minimum Gasteiger partial charge on any atom is -0.388 e. The maximum Gasteiger partial charge on any atom is 0.249 e. The van der Waals surface area contributed by atoms with Crippen LogP contribution in [0.4, 0.5) is 5.69 Å². The van der Waals surface area contributed by atoms with Gasteiger partial charge in [-0.1, -0.05) is 25.1 Å². The van der Waals surface area contributed by atoms with Gasteiger partial charge in [0, 0.05) is 11.3 Å². The van der Waals surface area contributed by atoms with Crippen molar-refractivity contribution in [3.05, 3.63) is 29.8 Å². The molecule has 1 heterocycles. The molecule has 0 aromatic heterocycles. The number of rotatable bonds is 3. The fraction of sp³-hybridized carbons (Fsp3) is 0.429. The van der Waals surface area contributed by atoms with Crippen molar-refractivity contribution in [2.75, 3.05) is 11.4 Å². The van der Waals surface area contributed by atoms with Gasteiger partial charge in [-0.25, -0.2) is 0 Å². The van der Waals surface area contributed by atoms with Gasteiger partial charge < -0.3 is 10.0 Å². The van der Waals surface area contributed by atoms with Crippen LogP contribution < -0.4 is 10.2 Å². The van der Waals surface area contributed by atoms with Gasteiger partial charge in [-0.15, -0.1) is 0 Å². The number of benzene rings is 1. The number of para-hydroxylation sites is 1. The Balaban J connectivity index is 2.40. The lowest BCUT2D eigenvalue weighted by Crippen LogP contribution is -2.57. The Kier molecular flexibility index (Phi) is 3.85. The van der Waals surface area contributed by atoms with Crippen LogP contribution in [0, 0.1) is 0 Å². The normalized spacial score (nSPS) is 21.2. The van der Waals surface area contributed by atoms with E-state index < -0.39 is 12.1 Å². The molecule has 5 heteroatoms. The number of nitrogens with one attached hydrogen (secondary N) is 1. The van der Waals surface area contributed by atoms with Crippen LogP contribution in [-0.2, 0) is 9.59 Å². The monoisotopic (exact) mass is 262 g/mol. The number of nitrogens with zero attached hydrogens (tertiary/aromatic N) is 1. The van der Waals surface area contributed by atoms with E-state index in [-0.39, 0.29) is 18.4 Å². The number of imide groups is 1. The lowest BCUT2D eigenvalue weighted by molar-refractivity contribution is -0.132. The largest absolute Gasteiger partial charge is 0.388 e. The number of amides is 2. The molecule has 2 amide bonds. The first-order chi connectivity index (χ1) is 9.04. The molecule has 2 unspecified atom stereocenters. The van der Waals surface area contributed by atoms with Crippen LogP contribution in [0.25, 0.3) is 0 Å². The molecule has 2 atom stereocenters. The Labute approximate surface area is 112 Å². The Morgan fingerprint density at radius 1 is 1.42 bits per heavy atom. The summed E-state index contributed by atoms with van der Waals surface area (Å²) in [6, 6.07) is 6.91. The average molecular weight is 262 g/mol. The van der Waals surface area contributed by atoms with Crippen LogP contribution in [0.5, 0.6) is 0 Å². The Morgan fingerprint density at radius 2 is 2.11 bits per heavy atom. The van der Waals surface area contributed by atoms with Gasteiger partial charge in [0.2, 0.25) is 11.8 Å². The number of carbonyl (C=O) groups is 2. The number of hydrogen-bond acceptors (Lipinski definition) is 4. The first kappa shape index (κ1) is 13.5. The third-order valence-corrected chi connectivity index (χ3v) is 3.42. The third kappa shape index (κ3) is 2.61. The molecule has 0 radical (unpaired) electrons. The van der Waals surface area contributed by atoms with Crippen LogP contribution in [0.3, 0.4) is 0 Å². The smallest absolute Gasteiger partial charge is 0.249 e. The fourth-order valence-corrected chi connectivity index (χ4v) is 2.26. The SMILES string of the molecule is CCC(O)c1ccccc1N1CC(=O)NC(=O)C1C. The maximum atomic E-state index is 11.7. The summed E-state index contributed by atoms with van der Waals surface area (Å²) >= 11 is 0. The second kappa shape index (κ2) is 5.40. The van der Waals surface area contributed by atoms with E-state index in [1.807, 2.05) is 31.2 Å². The molecular weight excluding hydrogens is 244 g/mol. The Hall–Kier alpha value is -1.88. The predicted octanol–water partition coefficient (Wildman–Crippen LogP) is 0.981. The van der Waals surface area contributed by atoms with E-state index in [4.69, 9.17) is 0 Å². The lowest BCUT2D eigenvalue weighted by atomic mass is 10.0. The average Bonchev–Trinajstić information content (AvgIpc) is 2.42. The molecule has 19 heavy (non-hydrogen) atoms. The van der Waals surface area contributed by atoms with E-state index in [0.29, 0.717) is 6.42 Å². The van der Waals surface area contributed by atoms with Gasteiger partial charge in [0.25, 0.3) is 0 Å². The molecule has 1 aromatic carbocycles. The Bertz CT molecular complexity index is 501. The highest BCUT2D eigenvalue weighted by Crippen LogP contribution is 2.30. The molecule has 2 N–H and O–H groups in total. The van der Waals surface area contributed by atoms with E-state index in [0.717, 1.165) is 11.3 Å². The standard InChI is InChI=1S/C14H18N2O3/c1-3-12(17)10-6-4-5-7-11(10)16-8-13(18)15-14(19)9(16)2/h4-7,9,12,17H,3,8H2,1-2H3,(H,15,18,19). The van der Waals surface area contributed by atoms with Gasteiger partial charge >= 0.3 is 0 Å². The molecule has 1 saturated heterocycles. The summed E-state index contributed by atoms with van der Waals surface area (Å²) in [5, 5.41) is 12.4. The van der Waals surface area contributed by atoms with Crippen molar-refractivity contribution in [2.24, 2.45) is 0 Å². The molecule has 1 aromatic rings. The van der Waals surface area contributed by atoms with Crippen LogP contribution >= 0.6 is 0 Å². The number of piperazine rings is 1. The minimum atomic E-state index is -0.594. The Morgan fingerprint density at radius 3 is 2.79 bits per heavy atom. The molecule has 102 valence electrons. The molecule has 5 nitrogen and oxygen atoms in total. The predicted molar refractivity (Wildman–Crippen MR) is 71.7 cm³/mol. The van der Waals surface area contributed by atoms with Crippen molar-refractivity contribution in [3.8, 4) is 0 Å². The van der Waals surface area contributed by atoms with Crippen LogP contribution in [-0.4, -0.2) is 29.5 Å². The molecule has 1 fully saturated rings. The molecule has 0 bridgehead atoms. The van der Waals surface area contributed by atoms with E-state index in [9.17, 15) is 14.7 Å². The van der Waals surface area contributed by atoms with Crippen LogP contribution in [0.15, 0.2) is 24.3 Å². The number of hydrogen-bond donors (Lipinski definition) is 2. The first-order valence-electron chi connectivity index (χ1n) is 6.42. The van der Waals surface area contributed by atoms with Gasteiger partial charge in [-0.3, -0.25) is 14.9 Å². The summed E-state index contributed by atoms with van der Waals surface area (Å²) in [6.07, 6.45) is -0.0113. The van der Waals surface area contributed by atoms with Crippen molar-refractivity contribution in [3.63, 3.8) is 0 Å². The van der Waals surface area contributed by atoms with Gasteiger partial charge in [-0.2, -0.15) is 0 Å². The van der Waals surface area contributed by atoms with E-state index >= 15 is 0 Å². The zero-order valence-electron chi connectivity index (χ0n) is 11.1. The highest BCUT2D eigenvalue weighted by atomic mass is 16.3. The number of carbonyl (C=O) groups excluding carboxylic acids is 2. The summed E-state index contributed by atoms with van der Waals surface area (Å²) in [5.74, 6) is -0.624. The van der Waals surface area contributed by atoms with Crippen molar-refractivity contribution in [1.29, 1.82) is 0 Å². The van der Waals surface area contributed by atoms with Crippen molar-refractivity contribution >= 4 is 17.5 Å². The van der Waals surface area contributed by atoms with Crippen molar-refractivity contribution in [2.45, 2.75) is 32.4 Å². The first-order valence-corrected chi connectivity index (χ1v) is 6.42. The molecular formula is C14H18N2O3. The molecule has 1 aliphatic heterocycles. The summed E-state index contributed by atoms with van der Waals surface area (Å²) in [4.78, 5) is 25.0. The summed E-state index contributed by atoms with van der Waals surface area (Å²) in [6.45, 7) is 3.76. The van der Waals surface area contributed by atoms with Gasteiger partial charge in [0.1, 0.15) is 6.04 Å². The van der Waals surface area contributed by atoms with Gasteiger partial charge in [0.15, 0.2) is 0 Å². The highest BCUT2D eigenvalue weighted by Gasteiger charge is 2.31. The van der Waals surface area contributed by atoms with Gasteiger partial charge in [-0.05, 0) is 19.4 Å². The summed E-state index contributed by atoms with van der Waals surface area (Å²) in [5.41, 5.74) is 1.49. The molecule has 2 rings (SSSR count). The zero-order valence-corrected chi connectivity index (χ0v) is 11.1. The number of anilines is 1. The summed E-state index contributed by atoms with van der Waals surface area (Å²) < 4.78 is 0. The second-order valence-corrected chi connectivity index (χ2v) is 4.70. The third-order valence-electron chi connectivity index (χ3n) is 3.42. The van der Waals surface area contributed by atoms with Crippen molar-refractivity contribution < 1.29 is 14.7 Å². The topological polar surface area (TPSA) is 69.6 Å². The quantitative estimate of drug-likeness (QED) is 0.797. The molecule has 0 saturated carbocycles. The lowest BCUT2D eigenvalue weighted by Gasteiger charge is -2.35. The van der Waals surface area contributed by atoms with Gasteiger partial charge in [0.05, 0.1) is 12.6 Å². The van der Waals surface area contributed by atoms with E-state index in [1.165, 1.54) is 0 Å². The van der Waals surface area contributed by atoms with Crippen LogP contribution in [0.1, 0.15) is 31.9 Å². The maximum absolute atomic E-state index is 11.7. The van der Waals surface area contributed by atoms with Crippen molar-refractivity contribution in [1.82, 2.24) is 5.32 Å². The van der Waals surface area contributed by atoms with E-state index in [2.05, 4.69) is 5.32 Å². The summed E-state index contributed by atoms with van der Waals surface area (Å²) in [7, 11) is 0. The number of aliphatic hydroxyl groups excluding tert-OH is 1.